The number of thiazole rings is 1. The van der Waals surface area contributed by atoms with Crippen molar-refractivity contribution < 1.29 is 9.59 Å². The third-order valence-electron chi connectivity index (χ3n) is 4.71. The molecule has 1 aliphatic rings. The monoisotopic (exact) mass is 438 g/mol. The number of hydrogen-bond acceptors (Lipinski definition) is 5. The first-order valence-electron chi connectivity index (χ1n) is 9.30. The summed E-state index contributed by atoms with van der Waals surface area (Å²) >= 11 is 1.41. The molecule has 1 aliphatic carbocycles. The van der Waals surface area contributed by atoms with Gasteiger partial charge in [-0.05, 0) is 31.2 Å². The van der Waals surface area contributed by atoms with Gasteiger partial charge in [0, 0.05) is 37.5 Å². The molecule has 0 aromatic carbocycles. The molecule has 0 atom stereocenters. The Labute approximate surface area is 178 Å². The number of hydrogen-bond donors (Lipinski definition) is 3. The average molecular weight is 439 g/mol. The van der Waals surface area contributed by atoms with Crippen molar-refractivity contribution in [3.8, 4) is 0 Å². The maximum absolute atomic E-state index is 12.4. The molecule has 1 saturated carbocycles. The van der Waals surface area contributed by atoms with E-state index in [0.717, 1.165) is 45.2 Å². The van der Waals surface area contributed by atoms with Gasteiger partial charge in [-0.3, -0.25) is 9.59 Å². The van der Waals surface area contributed by atoms with Crippen LogP contribution in [-0.4, -0.2) is 36.4 Å². The number of nitrogens with zero attached hydrogens (tertiary/aromatic N) is 1. The SMILES string of the molecule is CCCNCCNC(=O)CC1(CC(=O)Nc2nccs2)CCCCC1.Cl.Cl. The minimum absolute atomic E-state index is 0. The van der Waals surface area contributed by atoms with Crippen LogP contribution < -0.4 is 16.0 Å². The summed E-state index contributed by atoms with van der Waals surface area (Å²) in [5.74, 6) is 0.0245. The van der Waals surface area contributed by atoms with E-state index in [0.29, 0.717) is 24.5 Å². The van der Waals surface area contributed by atoms with Crippen molar-refractivity contribution in [1.29, 1.82) is 0 Å². The van der Waals surface area contributed by atoms with Crippen molar-refractivity contribution in [3.05, 3.63) is 11.6 Å². The third kappa shape index (κ3) is 9.74. The number of carbonyl (C=O) groups excluding carboxylic acids is 2. The Bertz CT molecular complexity index is 537. The second-order valence-corrected chi connectivity index (χ2v) is 7.79. The lowest BCUT2D eigenvalue weighted by molar-refractivity contribution is -0.125. The molecule has 3 N–H and O–H groups in total. The lowest BCUT2D eigenvalue weighted by atomic mass is 9.69. The van der Waals surface area contributed by atoms with Crippen molar-refractivity contribution in [2.45, 2.75) is 58.3 Å². The van der Waals surface area contributed by atoms with Crippen LogP contribution >= 0.6 is 36.2 Å². The maximum atomic E-state index is 12.4. The van der Waals surface area contributed by atoms with Crippen molar-refractivity contribution in [2.75, 3.05) is 25.0 Å². The van der Waals surface area contributed by atoms with E-state index in [-0.39, 0.29) is 42.0 Å². The molecule has 9 heteroatoms. The van der Waals surface area contributed by atoms with Gasteiger partial charge in [0.2, 0.25) is 11.8 Å². The number of nitrogens with one attached hydrogen (secondary N) is 3. The lowest BCUT2D eigenvalue weighted by Gasteiger charge is -2.36. The smallest absolute Gasteiger partial charge is 0.226 e. The van der Waals surface area contributed by atoms with Gasteiger partial charge >= 0.3 is 0 Å². The Kier molecular flexibility index (Phi) is 13.7. The summed E-state index contributed by atoms with van der Waals surface area (Å²) in [5, 5.41) is 11.6. The van der Waals surface area contributed by atoms with Crippen LogP contribution in [0.25, 0.3) is 0 Å². The van der Waals surface area contributed by atoms with Gasteiger partial charge in [-0.15, -0.1) is 36.2 Å². The highest BCUT2D eigenvalue weighted by Crippen LogP contribution is 2.42. The van der Waals surface area contributed by atoms with Crippen LogP contribution in [0.3, 0.4) is 0 Å². The molecule has 0 spiro atoms. The summed E-state index contributed by atoms with van der Waals surface area (Å²) < 4.78 is 0. The molecular weight excluding hydrogens is 407 g/mol. The molecule has 1 heterocycles. The highest BCUT2D eigenvalue weighted by molar-refractivity contribution is 7.13. The molecule has 0 aliphatic heterocycles. The maximum Gasteiger partial charge on any atom is 0.226 e. The molecule has 0 unspecified atom stereocenters. The van der Waals surface area contributed by atoms with E-state index >= 15 is 0 Å². The van der Waals surface area contributed by atoms with E-state index in [1.807, 2.05) is 5.38 Å². The standard InChI is InChI=1S/C18H30N4O2S.2ClH/c1-2-8-19-9-10-20-15(23)13-18(6-4-3-5-7-18)14-16(24)22-17-21-11-12-25-17;;/h11-12,19H,2-10,13-14H2,1H3,(H,20,23)(H,21,22,24);2*1H. The van der Waals surface area contributed by atoms with Gasteiger partial charge in [-0.25, -0.2) is 4.98 Å². The Morgan fingerprint density at radius 3 is 2.41 bits per heavy atom. The first-order valence-corrected chi connectivity index (χ1v) is 10.2. The molecule has 2 amide bonds. The topological polar surface area (TPSA) is 83.1 Å². The van der Waals surface area contributed by atoms with E-state index in [9.17, 15) is 9.59 Å². The summed E-state index contributed by atoms with van der Waals surface area (Å²) in [5.41, 5.74) is -0.208. The Hall–Kier alpha value is -0.890. The lowest BCUT2D eigenvalue weighted by Crippen LogP contribution is -2.38. The fraction of sp³-hybridized carbons (Fsp3) is 0.722. The first-order chi connectivity index (χ1) is 12.1. The quantitative estimate of drug-likeness (QED) is 0.485. The van der Waals surface area contributed by atoms with Crippen LogP contribution in [0, 0.1) is 5.41 Å². The molecule has 0 radical (unpaired) electrons. The minimum Gasteiger partial charge on any atom is -0.355 e. The zero-order valence-electron chi connectivity index (χ0n) is 15.9. The molecule has 1 aromatic heterocycles. The fourth-order valence-electron chi connectivity index (χ4n) is 3.50. The molecule has 27 heavy (non-hydrogen) atoms. The third-order valence-corrected chi connectivity index (χ3v) is 5.40. The second kappa shape index (κ2) is 14.2. The number of halogens is 2. The molecule has 2 rings (SSSR count). The van der Waals surface area contributed by atoms with E-state index in [1.54, 1.807) is 6.20 Å². The van der Waals surface area contributed by atoms with Gasteiger partial charge in [0.25, 0.3) is 0 Å². The Morgan fingerprint density at radius 2 is 1.78 bits per heavy atom. The minimum atomic E-state index is -0.208. The fourth-order valence-corrected chi connectivity index (χ4v) is 4.05. The van der Waals surface area contributed by atoms with Crippen LogP contribution in [0.15, 0.2) is 11.6 Å². The summed E-state index contributed by atoms with van der Waals surface area (Å²) in [6, 6.07) is 0. The van der Waals surface area contributed by atoms with E-state index in [1.165, 1.54) is 17.8 Å². The second-order valence-electron chi connectivity index (χ2n) is 6.90. The number of anilines is 1. The van der Waals surface area contributed by atoms with Gasteiger partial charge in [-0.1, -0.05) is 26.2 Å². The van der Waals surface area contributed by atoms with Gasteiger partial charge in [0.15, 0.2) is 5.13 Å². The van der Waals surface area contributed by atoms with Gasteiger partial charge < -0.3 is 16.0 Å². The highest BCUT2D eigenvalue weighted by atomic mass is 35.5. The zero-order chi connectivity index (χ0) is 18.0. The molecule has 1 fully saturated rings. The van der Waals surface area contributed by atoms with Gasteiger partial charge in [0.1, 0.15) is 0 Å². The molecule has 6 nitrogen and oxygen atoms in total. The molecule has 1 aromatic rings. The van der Waals surface area contributed by atoms with Crippen molar-refractivity contribution in [3.63, 3.8) is 0 Å². The number of aromatic nitrogens is 1. The first kappa shape index (κ1) is 26.1. The normalized spacial score (nSPS) is 15.1. The molecule has 156 valence electrons. The number of amides is 2. The predicted octanol–water partition coefficient (Wildman–Crippen LogP) is 3.77. The number of rotatable bonds is 10. The Morgan fingerprint density at radius 1 is 1.07 bits per heavy atom. The van der Waals surface area contributed by atoms with Crippen LogP contribution in [0.1, 0.15) is 58.3 Å². The average Bonchev–Trinajstić information content (AvgIpc) is 3.08. The summed E-state index contributed by atoms with van der Waals surface area (Å²) in [6.45, 7) is 4.52. The van der Waals surface area contributed by atoms with Crippen LogP contribution in [-0.2, 0) is 9.59 Å². The van der Waals surface area contributed by atoms with E-state index in [4.69, 9.17) is 0 Å². The van der Waals surface area contributed by atoms with Crippen LogP contribution in [0.5, 0.6) is 0 Å². The number of carbonyl (C=O) groups is 2. The molecule has 0 saturated heterocycles. The highest BCUT2D eigenvalue weighted by Gasteiger charge is 2.36. The van der Waals surface area contributed by atoms with Gasteiger partial charge in [-0.2, -0.15) is 0 Å². The van der Waals surface area contributed by atoms with Crippen molar-refractivity contribution in [2.24, 2.45) is 5.41 Å². The summed E-state index contributed by atoms with van der Waals surface area (Å²) in [6.07, 6.45) is 8.87. The molecular formula is C18H32Cl2N4O2S. The van der Waals surface area contributed by atoms with Crippen molar-refractivity contribution >= 4 is 53.1 Å². The summed E-state index contributed by atoms with van der Waals surface area (Å²) in [4.78, 5) is 28.9. The van der Waals surface area contributed by atoms with E-state index < -0.39 is 0 Å². The summed E-state index contributed by atoms with van der Waals surface area (Å²) in [7, 11) is 0. The van der Waals surface area contributed by atoms with Gasteiger partial charge in [0.05, 0.1) is 0 Å². The van der Waals surface area contributed by atoms with Crippen molar-refractivity contribution in [1.82, 2.24) is 15.6 Å². The molecule has 0 bridgehead atoms. The Balaban J connectivity index is 0.00000338. The van der Waals surface area contributed by atoms with E-state index in [2.05, 4.69) is 27.9 Å². The zero-order valence-corrected chi connectivity index (χ0v) is 18.4. The predicted molar refractivity (Wildman–Crippen MR) is 116 cm³/mol. The van der Waals surface area contributed by atoms with Crippen LogP contribution in [0.2, 0.25) is 0 Å². The largest absolute Gasteiger partial charge is 0.355 e. The van der Waals surface area contributed by atoms with Crippen LogP contribution in [0.4, 0.5) is 5.13 Å².